The van der Waals surface area contributed by atoms with Crippen molar-refractivity contribution in [3.63, 3.8) is 0 Å². The van der Waals surface area contributed by atoms with Gasteiger partial charge in [-0.3, -0.25) is 14.5 Å². The van der Waals surface area contributed by atoms with Crippen molar-refractivity contribution < 1.29 is 14.4 Å². The fourth-order valence-corrected chi connectivity index (χ4v) is 4.27. The highest BCUT2D eigenvalue weighted by Crippen LogP contribution is 2.30. The lowest BCUT2D eigenvalue weighted by molar-refractivity contribution is -0.128. The average Bonchev–Trinajstić information content (AvgIpc) is 2.97. The third-order valence-electron chi connectivity index (χ3n) is 5.71. The van der Waals surface area contributed by atoms with Gasteiger partial charge in [0.2, 0.25) is 5.91 Å². The molecule has 0 spiro atoms. The molecule has 1 saturated heterocycles. The van der Waals surface area contributed by atoms with Crippen LogP contribution in [0.2, 0.25) is 5.02 Å². The SMILES string of the molecule is O=C(CCCCCN1C(=O)[C@@H]2Cc3ccccc3CN2C1=O)Nc1ccccc1Cl. The predicted octanol–water partition coefficient (Wildman–Crippen LogP) is 4.23. The first-order valence-electron chi connectivity index (χ1n) is 10.3. The number of unbranched alkanes of at least 4 members (excludes halogenated alkanes) is 2. The summed E-state index contributed by atoms with van der Waals surface area (Å²) in [5.74, 6) is -0.197. The standard InChI is InChI=1S/C23H24ClN3O3/c24-18-10-5-6-11-19(18)25-21(28)12-2-1-7-13-26-22(29)20-14-16-8-3-4-9-17(16)15-27(20)23(26)30/h3-6,8-11,20H,1-2,7,12-15H2,(H,25,28)/t20-/m0/s1. The minimum Gasteiger partial charge on any atom is -0.325 e. The molecule has 2 aromatic carbocycles. The maximum atomic E-state index is 12.8. The maximum Gasteiger partial charge on any atom is 0.327 e. The van der Waals surface area contributed by atoms with Gasteiger partial charge in [-0.15, -0.1) is 0 Å². The molecule has 4 amide bonds. The topological polar surface area (TPSA) is 69.7 Å². The van der Waals surface area contributed by atoms with Crippen LogP contribution < -0.4 is 5.32 Å². The summed E-state index contributed by atoms with van der Waals surface area (Å²) >= 11 is 6.05. The first-order chi connectivity index (χ1) is 14.5. The smallest absolute Gasteiger partial charge is 0.325 e. The summed E-state index contributed by atoms with van der Waals surface area (Å²) in [6.07, 6.45) is 3.09. The normalized spacial score (nSPS) is 17.7. The van der Waals surface area contributed by atoms with Crippen molar-refractivity contribution in [3.8, 4) is 0 Å². The molecule has 2 aliphatic heterocycles. The van der Waals surface area contributed by atoms with Crippen LogP contribution in [-0.2, 0) is 22.6 Å². The predicted molar refractivity (Wildman–Crippen MR) is 115 cm³/mol. The van der Waals surface area contributed by atoms with Crippen LogP contribution in [-0.4, -0.2) is 40.2 Å². The van der Waals surface area contributed by atoms with E-state index in [2.05, 4.69) is 5.32 Å². The Hall–Kier alpha value is -2.86. The quantitative estimate of drug-likeness (QED) is 0.533. The van der Waals surface area contributed by atoms with Gasteiger partial charge in [0.25, 0.3) is 5.91 Å². The van der Waals surface area contributed by atoms with E-state index in [1.54, 1.807) is 17.0 Å². The number of hydrogen-bond donors (Lipinski definition) is 1. The molecule has 1 fully saturated rings. The number of para-hydroxylation sites is 1. The molecule has 1 N–H and O–H groups in total. The number of anilines is 1. The van der Waals surface area contributed by atoms with E-state index < -0.39 is 0 Å². The summed E-state index contributed by atoms with van der Waals surface area (Å²) in [5.41, 5.74) is 2.86. The lowest BCUT2D eigenvalue weighted by atomic mass is 9.95. The highest BCUT2D eigenvalue weighted by molar-refractivity contribution is 6.33. The van der Waals surface area contributed by atoms with E-state index in [0.29, 0.717) is 49.5 Å². The molecule has 7 heteroatoms. The largest absolute Gasteiger partial charge is 0.327 e. The second kappa shape index (κ2) is 8.88. The number of amides is 4. The van der Waals surface area contributed by atoms with Gasteiger partial charge in [-0.25, -0.2) is 4.79 Å². The third kappa shape index (κ3) is 4.19. The van der Waals surface area contributed by atoms with Crippen molar-refractivity contribution in [2.24, 2.45) is 0 Å². The zero-order valence-electron chi connectivity index (χ0n) is 16.6. The molecule has 0 bridgehead atoms. The number of carbonyl (C=O) groups excluding carboxylic acids is 3. The van der Waals surface area contributed by atoms with Gasteiger partial charge in [-0.05, 0) is 36.1 Å². The molecular formula is C23H24ClN3O3. The lowest BCUT2D eigenvalue weighted by Gasteiger charge is -2.28. The molecule has 156 valence electrons. The van der Waals surface area contributed by atoms with Crippen molar-refractivity contribution in [2.75, 3.05) is 11.9 Å². The minimum atomic E-state index is -0.381. The Morgan fingerprint density at radius 2 is 1.73 bits per heavy atom. The van der Waals surface area contributed by atoms with Crippen LogP contribution in [0.3, 0.4) is 0 Å². The summed E-state index contributed by atoms with van der Waals surface area (Å²) in [6.45, 7) is 0.886. The number of carbonyl (C=O) groups is 3. The number of nitrogens with zero attached hydrogens (tertiary/aromatic N) is 2. The van der Waals surface area contributed by atoms with Crippen molar-refractivity contribution in [2.45, 2.75) is 44.7 Å². The molecule has 2 heterocycles. The first-order valence-corrected chi connectivity index (χ1v) is 10.7. The molecule has 2 aliphatic rings. The fourth-order valence-electron chi connectivity index (χ4n) is 4.09. The Morgan fingerprint density at radius 1 is 1.00 bits per heavy atom. The second-order valence-corrected chi connectivity index (χ2v) is 8.13. The van der Waals surface area contributed by atoms with Gasteiger partial charge in [-0.2, -0.15) is 0 Å². The second-order valence-electron chi connectivity index (χ2n) is 7.73. The van der Waals surface area contributed by atoms with Crippen molar-refractivity contribution in [1.29, 1.82) is 0 Å². The Labute approximate surface area is 180 Å². The van der Waals surface area contributed by atoms with Crippen LogP contribution in [0.5, 0.6) is 0 Å². The number of imide groups is 1. The number of fused-ring (bicyclic) bond motifs is 2. The van der Waals surface area contributed by atoms with Gasteiger partial charge in [-0.1, -0.05) is 54.4 Å². The molecule has 0 saturated carbocycles. The molecule has 0 radical (unpaired) electrons. The summed E-state index contributed by atoms with van der Waals surface area (Å²) in [4.78, 5) is 40.6. The van der Waals surface area contributed by atoms with Gasteiger partial charge < -0.3 is 10.2 Å². The molecular weight excluding hydrogens is 402 g/mol. The summed E-state index contributed by atoms with van der Waals surface area (Å²) in [7, 11) is 0. The number of rotatable bonds is 7. The molecule has 0 aliphatic carbocycles. The number of benzene rings is 2. The van der Waals surface area contributed by atoms with Gasteiger partial charge in [0.1, 0.15) is 6.04 Å². The van der Waals surface area contributed by atoms with Crippen LogP contribution >= 0.6 is 11.6 Å². The number of halogens is 1. The molecule has 0 aromatic heterocycles. The van der Waals surface area contributed by atoms with Crippen LogP contribution in [0.25, 0.3) is 0 Å². The number of nitrogens with one attached hydrogen (secondary N) is 1. The molecule has 6 nitrogen and oxygen atoms in total. The van der Waals surface area contributed by atoms with Crippen LogP contribution in [0.4, 0.5) is 10.5 Å². The Kier molecular flexibility index (Phi) is 6.04. The van der Waals surface area contributed by atoms with Crippen LogP contribution in [0.15, 0.2) is 48.5 Å². The zero-order valence-corrected chi connectivity index (χ0v) is 17.4. The zero-order chi connectivity index (χ0) is 21.1. The molecule has 1 atom stereocenters. The minimum absolute atomic E-state index is 0.0914. The van der Waals surface area contributed by atoms with Gasteiger partial charge in [0, 0.05) is 25.9 Å². The van der Waals surface area contributed by atoms with E-state index in [4.69, 9.17) is 11.6 Å². The first kappa shape index (κ1) is 20.4. The van der Waals surface area contributed by atoms with E-state index in [-0.39, 0.29) is 23.9 Å². The van der Waals surface area contributed by atoms with Gasteiger partial charge >= 0.3 is 6.03 Å². The van der Waals surface area contributed by atoms with Gasteiger partial charge in [0.05, 0.1) is 10.7 Å². The molecule has 30 heavy (non-hydrogen) atoms. The average molecular weight is 426 g/mol. The highest BCUT2D eigenvalue weighted by Gasteiger charge is 2.46. The van der Waals surface area contributed by atoms with E-state index in [1.165, 1.54) is 4.90 Å². The van der Waals surface area contributed by atoms with Crippen molar-refractivity contribution >= 4 is 35.1 Å². The van der Waals surface area contributed by atoms with E-state index in [0.717, 1.165) is 17.5 Å². The third-order valence-corrected chi connectivity index (χ3v) is 6.04. The summed E-state index contributed by atoms with van der Waals surface area (Å²) in [5, 5.41) is 3.31. The molecule has 0 unspecified atom stereocenters. The Morgan fingerprint density at radius 3 is 2.53 bits per heavy atom. The Balaban J connectivity index is 1.22. The summed E-state index contributed by atoms with van der Waals surface area (Å²) < 4.78 is 0. The van der Waals surface area contributed by atoms with Gasteiger partial charge in [0.15, 0.2) is 0 Å². The monoisotopic (exact) mass is 425 g/mol. The fraction of sp³-hybridized carbons (Fsp3) is 0.348. The highest BCUT2D eigenvalue weighted by atomic mass is 35.5. The lowest BCUT2D eigenvalue weighted by Crippen LogP contribution is -2.39. The summed E-state index contributed by atoms with van der Waals surface area (Å²) in [6, 6.07) is 14.5. The molecule has 4 rings (SSSR count). The number of hydrogen-bond acceptors (Lipinski definition) is 3. The Bertz CT molecular complexity index is 935. The van der Waals surface area contributed by atoms with Crippen LogP contribution in [0.1, 0.15) is 36.8 Å². The maximum absolute atomic E-state index is 12.8. The number of urea groups is 1. The van der Waals surface area contributed by atoms with Crippen molar-refractivity contribution in [1.82, 2.24) is 9.80 Å². The van der Waals surface area contributed by atoms with E-state index >= 15 is 0 Å². The molecule has 2 aromatic rings. The van der Waals surface area contributed by atoms with E-state index in [9.17, 15) is 14.4 Å². The van der Waals surface area contributed by atoms with E-state index in [1.807, 2.05) is 36.4 Å². The van der Waals surface area contributed by atoms with Crippen LogP contribution in [0, 0.1) is 0 Å². The van der Waals surface area contributed by atoms with Crippen molar-refractivity contribution in [3.05, 3.63) is 64.7 Å².